The lowest BCUT2D eigenvalue weighted by molar-refractivity contribution is -0.122. The van der Waals surface area contributed by atoms with E-state index in [0.717, 1.165) is 139 Å². The van der Waals surface area contributed by atoms with Gasteiger partial charge in [0.25, 0.3) is 0 Å². The minimum absolute atomic E-state index is 0.0522. The Morgan fingerprint density at radius 2 is 1.12 bits per heavy atom. The van der Waals surface area contributed by atoms with Crippen LogP contribution in [0.2, 0.25) is 0 Å². The second-order valence-electron chi connectivity index (χ2n) is 17.4. The standard InChI is InChI=1S/C44H71N7O6S2/c1-30(45-38(52)19-11-9-17-36-40-34(28-58-36)47-43(56)49-40)15-7-3-5-13-25-51(27-32-21-23-33(24-22-32)42(54)55)26-14-6-4-8-16-31(2)46-39(53)20-12-10-18-37-41-35(29-59-37)48-44(57)50-41/h21-24,30-31,34-37,40-41H,3-20,25-29H2,1-2H3,(H,45,52)(H,46,53)(H,54,55)(H2,47,49,56)(H2,48,50,57)/t30?,31?,34-,35-,36-,37-,40-,41-/m0/s1. The van der Waals surface area contributed by atoms with Gasteiger partial charge in [0, 0.05) is 53.5 Å². The van der Waals surface area contributed by atoms with Crippen molar-refractivity contribution >= 4 is 53.4 Å². The number of urea groups is 2. The van der Waals surface area contributed by atoms with Gasteiger partial charge in [-0.15, -0.1) is 0 Å². The summed E-state index contributed by atoms with van der Waals surface area (Å²) in [5.41, 5.74) is 1.43. The highest BCUT2D eigenvalue weighted by atomic mass is 32.2. The zero-order valence-corrected chi connectivity index (χ0v) is 37.1. The molecular formula is C44H71N7O6S2. The lowest BCUT2D eigenvalue weighted by Crippen LogP contribution is -2.36. The quantitative estimate of drug-likeness (QED) is 0.0348. The van der Waals surface area contributed by atoms with Crippen molar-refractivity contribution in [2.45, 2.75) is 183 Å². The maximum Gasteiger partial charge on any atom is 0.335 e. The highest BCUT2D eigenvalue weighted by molar-refractivity contribution is 8.00. The monoisotopic (exact) mass is 857 g/mol. The molecule has 4 saturated heterocycles. The number of unbranched alkanes of at least 4 members (excludes halogenated alkanes) is 8. The highest BCUT2D eigenvalue weighted by Gasteiger charge is 2.43. The number of carbonyl (C=O) groups excluding carboxylic acids is 4. The van der Waals surface area contributed by atoms with Gasteiger partial charge < -0.3 is 37.0 Å². The van der Waals surface area contributed by atoms with Crippen LogP contribution in [0.5, 0.6) is 0 Å². The summed E-state index contributed by atoms with van der Waals surface area (Å²) in [7, 11) is 0. The number of rotatable bonds is 29. The Bertz CT molecular complexity index is 1420. The van der Waals surface area contributed by atoms with Crippen molar-refractivity contribution in [3.8, 4) is 0 Å². The summed E-state index contributed by atoms with van der Waals surface area (Å²) in [4.78, 5) is 62.2. The molecule has 4 fully saturated rings. The number of nitrogens with one attached hydrogen (secondary N) is 6. The van der Waals surface area contributed by atoms with Crippen LogP contribution in [0.25, 0.3) is 0 Å². The molecule has 4 aliphatic heterocycles. The average molecular weight is 858 g/mol. The lowest BCUT2D eigenvalue weighted by Gasteiger charge is -2.23. The van der Waals surface area contributed by atoms with Gasteiger partial charge in [0.2, 0.25) is 11.8 Å². The first-order valence-corrected chi connectivity index (χ1v) is 24.6. The molecule has 15 heteroatoms. The van der Waals surface area contributed by atoms with Crippen LogP contribution in [0.3, 0.4) is 0 Å². The molecule has 0 radical (unpaired) electrons. The molecule has 4 aliphatic rings. The molecule has 2 unspecified atom stereocenters. The molecule has 0 bridgehead atoms. The second-order valence-corrected chi connectivity index (χ2v) is 19.9. The molecule has 13 nitrogen and oxygen atoms in total. The maximum absolute atomic E-state index is 12.6. The molecule has 4 heterocycles. The molecule has 0 aromatic heterocycles. The summed E-state index contributed by atoms with van der Waals surface area (Å²) in [6.45, 7) is 6.99. The Labute approximate surface area is 360 Å². The van der Waals surface area contributed by atoms with Gasteiger partial charge in [-0.25, -0.2) is 14.4 Å². The molecule has 0 aliphatic carbocycles. The Hall–Kier alpha value is -3.17. The fourth-order valence-electron chi connectivity index (χ4n) is 8.95. The molecule has 59 heavy (non-hydrogen) atoms. The third kappa shape index (κ3) is 16.3. The Morgan fingerprint density at radius 3 is 1.58 bits per heavy atom. The third-order valence-corrected chi connectivity index (χ3v) is 15.3. The predicted molar refractivity (Wildman–Crippen MR) is 238 cm³/mol. The van der Waals surface area contributed by atoms with Gasteiger partial charge in [-0.1, -0.05) is 63.5 Å². The van der Waals surface area contributed by atoms with Crippen LogP contribution in [0.15, 0.2) is 24.3 Å². The minimum Gasteiger partial charge on any atom is -0.478 e. The van der Waals surface area contributed by atoms with E-state index in [-0.39, 0.29) is 60.1 Å². The first kappa shape index (κ1) is 46.9. The number of carboxylic acids is 1. The van der Waals surface area contributed by atoms with Gasteiger partial charge >= 0.3 is 18.0 Å². The summed E-state index contributed by atoms with van der Waals surface area (Å²) in [5, 5.41) is 28.6. The number of hydrogen-bond donors (Lipinski definition) is 7. The maximum atomic E-state index is 12.6. The fraction of sp³-hybridized carbons (Fsp3) is 0.750. The number of aromatic carboxylic acids is 1. The van der Waals surface area contributed by atoms with E-state index in [1.54, 1.807) is 12.1 Å². The molecule has 0 spiro atoms. The number of nitrogens with zero attached hydrogens (tertiary/aromatic N) is 1. The van der Waals surface area contributed by atoms with Crippen molar-refractivity contribution in [1.29, 1.82) is 0 Å². The van der Waals surface area contributed by atoms with Crippen molar-refractivity contribution in [2.75, 3.05) is 24.6 Å². The van der Waals surface area contributed by atoms with Crippen LogP contribution in [0, 0.1) is 0 Å². The van der Waals surface area contributed by atoms with E-state index >= 15 is 0 Å². The number of carboxylic acid groups (broad SMARTS) is 1. The zero-order valence-electron chi connectivity index (χ0n) is 35.4. The van der Waals surface area contributed by atoms with Gasteiger partial charge in [-0.05, 0) is 96.0 Å². The van der Waals surface area contributed by atoms with Crippen LogP contribution in [-0.2, 0) is 16.1 Å². The van der Waals surface area contributed by atoms with Crippen LogP contribution >= 0.6 is 23.5 Å². The summed E-state index contributed by atoms with van der Waals surface area (Å²) in [6, 6.07) is 8.40. The Kier molecular flexibility index (Phi) is 19.8. The van der Waals surface area contributed by atoms with E-state index in [1.807, 2.05) is 35.7 Å². The zero-order chi connectivity index (χ0) is 42.0. The first-order valence-electron chi connectivity index (χ1n) is 22.5. The van der Waals surface area contributed by atoms with E-state index < -0.39 is 5.97 Å². The normalized spacial score (nSPS) is 24.1. The van der Waals surface area contributed by atoms with Crippen molar-refractivity contribution in [2.24, 2.45) is 0 Å². The van der Waals surface area contributed by atoms with E-state index in [0.29, 0.717) is 28.9 Å². The number of hydrogen-bond acceptors (Lipinski definition) is 8. The smallest absolute Gasteiger partial charge is 0.335 e. The summed E-state index contributed by atoms with van der Waals surface area (Å²) in [6.07, 6.45) is 17.7. The van der Waals surface area contributed by atoms with Crippen molar-refractivity contribution in [3.63, 3.8) is 0 Å². The Morgan fingerprint density at radius 1 is 0.661 bits per heavy atom. The molecular weight excluding hydrogens is 787 g/mol. The van der Waals surface area contributed by atoms with Crippen LogP contribution in [-0.4, -0.2) is 111 Å². The Balaban J connectivity index is 0.886. The van der Waals surface area contributed by atoms with Gasteiger partial charge in [0.05, 0.1) is 29.7 Å². The summed E-state index contributed by atoms with van der Waals surface area (Å²) < 4.78 is 0. The number of benzene rings is 1. The van der Waals surface area contributed by atoms with Crippen LogP contribution in [0.1, 0.15) is 145 Å². The van der Waals surface area contributed by atoms with E-state index in [4.69, 9.17) is 0 Å². The van der Waals surface area contributed by atoms with Gasteiger partial charge in [-0.2, -0.15) is 23.5 Å². The van der Waals surface area contributed by atoms with Crippen molar-refractivity contribution < 1.29 is 29.1 Å². The van der Waals surface area contributed by atoms with Crippen LogP contribution < -0.4 is 31.9 Å². The predicted octanol–water partition coefficient (Wildman–Crippen LogP) is 6.55. The molecule has 6 amide bonds. The third-order valence-electron chi connectivity index (χ3n) is 12.3. The second kappa shape index (κ2) is 24.9. The minimum atomic E-state index is -0.907. The molecule has 8 atom stereocenters. The molecule has 5 rings (SSSR count). The molecule has 330 valence electrons. The van der Waals surface area contributed by atoms with E-state index in [2.05, 4.69) is 50.6 Å². The first-order chi connectivity index (χ1) is 28.5. The number of fused-ring (bicyclic) bond motifs is 2. The van der Waals surface area contributed by atoms with Crippen molar-refractivity contribution in [1.82, 2.24) is 36.8 Å². The molecule has 1 aromatic rings. The molecule has 7 N–H and O–H groups in total. The summed E-state index contributed by atoms with van der Waals surface area (Å²) in [5.74, 6) is 1.29. The van der Waals surface area contributed by atoms with Crippen LogP contribution in [0.4, 0.5) is 9.59 Å². The number of carbonyl (C=O) groups is 5. The van der Waals surface area contributed by atoms with E-state index in [9.17, 15) is 29.1 Å². The molecule has 1 aromatic carbocycles. The fourth-order valence-corrected chi connectivity index (χ4v) is 12.0. The largest absolute Gasteiger partial charge is 0.478 e. The highest BCUT2D eigenvalue weighted by Crippen LogP contribution is 2.34. The van der Waals surface area contributed by atoms with Crippen molar-refractivity contribution in [3.05, 3.63) is 35.4 Å². The number of amides is 6. The van der Waals surface area contributed by atoms with Gasteiger partial charge in [0.15, 0.2) is 0 Å². The topological polar surface area (TPSA) is 181 Å². The van der Waals surface area contributed by atoms with Gasteiger partial charge in [-0.3, -0.25) is 14.5 Å². The number of thioether (sulfide) groups is 2. The SMILES string of the molecule is CC(CCCCCCN(CCCCCCC(C)NC(=O)CCCC[C@@H]1SC[C@@H]2NC(=O)N[C@@H]21)Cc1ccc(C(=O)O)cc1)NC(=O)CCCC[C@@H]1SC[C@@H]2NC(=O)N[C@@H]21. The molecule has 0 saturated carbocycles. The van der Waals surface area contributed by atoms with E-state index in [1.165, 1.54) is 0 Å². The van der Waals surface area contributed by atoms with Gasteiger partial charge in [0.1, 0.15) is 0 Å². The summed E-state index contributed by atoms with van der Waals surface area (Å²) >= 11 is 3.84. The average Bonchev–Trinajstić information content (AvgIpc) is 3.96. The lowest BCUT2D eigenvalue weighted by atomic mass is 10.0.